The van der Waals surface area contributed by atoms with E-state index in [4.69, 9.17) is 9.47 Å². The molecule has 3 heterocycles. The Morgan fingerprint density at radius 2 is 1.83 bits per heavy atom. The van der Waals surface area contributed by atoms with E-state index in [1.807, 2.05) is 24.3 Å². The third-order valence-electron chi connectivity index (χ3n) is 4.17. The van der Waals surface area contributed by atoms with Crippen molar-refractivity contribution in [2.45, 2.75) is 0 Å². The maximum absolute atomic E-state index is 12.0. The summed E-state index contributed by atoms with van der Waals surface area (Å²) in [7, 11) is 1.62. The summed E-state index contributed by atoms with van der Waals surface area (Å²) in [5.74, 6) is 1.58. The fourth-order valence-electron chi connectivity index (χ4n) is 2.69. The number of carbonyl (C=O) groups excluding carboxylic acids is 1. The van der Waals surface area contributed by atoms with Crippen molar-refractivity contribution in [3.63, 3.8) is 0 Å². The molecule has 9 nitrogen and oxygen atoms in total. The second-order valence-electron chi connectivity index (χ2n) is 6.03. The lowest BCUT2D eigenvalue weighted by Gasteiger charge is -2.08. The standard InChI is InChI=1S/C20H18N6O3/c1-28-16-4-2-14(3-5-16)19-24-23-17-6-7-18(25-26(17)19)29-13-12-22-20(27)15-8-10-21-11-9-15/h2-11H,12-13H2,1H3,(H,22,27). The molecule has 0 saturated carbocycles. The number of benzene rings is 1. The number of ether oxygens (including phenoxy) is 2. The number of fused-ring (bicyclic) bond motifs is 1. The Kier molecular flexibility index (Phi) is 5.28. The van der Waals surface area contributed by atoms with E-state index in [0.717, 1.165) is 11.3 Å². The molecular weight excluding hydrogens is 372 g/mol. The van der Waals surface area contributed by atoms with Crippen molar-refractivity contribution in [2.24, 2.45) is 0 Å². The molecule has 0 aliphatic carbocycles. The maximum Gasteiger partial charge on any atom is 0.251 e. The van der Waals surface area contributed by atoms with Crippen LogP contribution in [0, 0.1) is 0 Å². The Labute approximate surface area is 166 Å². The smallest absolute Gasteiger partial charge is 0.251 e. The third kappa shape index (κ3) is 4.13. The monoisotopic (exact) mass is 390 g/mol. The van der Waals surface area contributed by atoms with Crippen LogP contribution in [0.25, 0.3) is 17.0 Å². The second-order valence-corrected chi connectivity index (χ2v) is 6.03. The number of nitrogens with zero attached hydrogens (tertiary/aromatic N) is 5. The van der Waals surface area contributed by atoms with Crippen LogP contribution in [-0.4, -0.2) is 51.0 Å². The summed E-state index contributed by atoms with van der Waals surface area (Å²) in [6.45, 7) is 0.615. The van der Waals surface area contributed by atoms with Gasteiger partial charge >= 0.3 is 0 Å². The molecule has 4 aromatic rings. The summed E-state index contributed by atoms with van der Waals surface area (Å²) < 4.78 is 12.5. The molecule has 3 aromatic heterocycles. The highest BCUT2D eigenvalue weighted by Crippen LogP contribution is 2.21. The van der Waals surface area contributed by atoms with Gasteiger partial charge in [-0.05, 0) is 42.5 Å². The molecule has 146 valence electrons. The van der Waals surface area contributed by atoms with Crippen molar-refractivity contribution < 1.29 is 14.3 Å². The van der Waals surface area contributed by atoms with Crippen LogP contribution in [0.1, 0.15) is 10.4 Å². The zero-order valence-corrected chi connectivity index (χ0v) is 15.6. The number of carbonyl (C=O) groups is 1. The van der Waals surface area contributed by atoms with Crippen molar-refractivity contribution in [3.8, 4) is 23.0 Å². The second kappa shape index (κ2) is 8.34. The van der Waals surface area contributed by atoms with Gasteiger partial charge in [-0.2, -0.15) is 4.52 Å². The highest BCUT2D eigenvalue weighted by molar-refractivity contribution is 5.93. The normalized spacial score (nSPS) is 10.7. The fourth-order valence-corrected chi connectivity index (χ4v) is 2.69. The average Bonchev–Trinajstić information content (AvgIpc) is 3.20. The summed E-state index contributed by atoms with van der Waals surface area (Å²) in [6.07, 6.45) is 3.15. The van der Waals surface area contributed by atoms with E-state index >= 15 is 0 Å². The lowest BCUT2D eigenvalue weighted by atomic mass is 10.2. The van der Waals surface area contributed by atoms with Gasteiger partial charge in [-0.25, -0.2) is 0 Å². The molecule has 0 atom stereocenters. The summed E-state index contributed by atoms with van der Waals surface area (Å²) >= 11 is 0. The third-order valence-corrected chi connectivity index (χ3v) is 4.17. The lowest BCUT2D eigenvalue weighted by Crippen LogP contribution is -2.28. The lowest BCUT2D eigenvalue weighted by molar-refractivity contribution is 0.0946. The molecule has 1 aromatic carbocycles. The molecule has 1 N–H and O–H groups in total. The van der Waals surface area contributed by atoms with Gasteiger partial charge in [0.25, 0.3) is 5.91 Å². The molecular formula is C20H18N6O3. The van der Waals surface area contributed by atoms with Gasteiger partial charge in [-0.15, -0.1) is 15.3 Å². The molecule has 9 heteroatoms. The van der Waals surface area contributed by atoms with Crippen molar-refractivity contribution >= 4 is 11.6 Å². The van der Waals surface area contributed by atoms with E-state index in [2.05, 4.69) is 25.6 Å². The molecule has 0 bridgehead atoms. The number of pyridine rings is 1. The first-order valence-corrected chi connectivity index (χ1v) is 8.92. The SMILES string of the molecule is COc1ccc(-c2nnc3ccc(OCCNC(=O)c4ccncc4)nn23)cc1. The van der Waals surface area contributed by atoms with Gasteiger partial charge in [0.1, 0.15) is 12.4 Å². The summed E-state index contributed by atoms with van der Waals surface area (Å²) in [4.78, 5) is 15.9. The van der Waals surface area contributed by atoms with Crippen molar-refractivity contribution in [1.29, 1.82) is 0 Å². The zero-order chi connectivity index (χ0) is 20.1. The van der Waals surface area contributed by atoms with Crippen LogP contribution in [0.15, 0.2) is 60.9 Å². The van der Waals surface area contributed by atoms with Crippen LogP contribution in [-0.2, 0) is 0 Å². The molecule has 0 spiro atoms. The molecule has 1 amide bonds. The average molecular weight is 390 g/mol. The number of hydrogen-bond donors (Lipinski definition) is 1. The van der Waals surface area contributed by atoms with E-state index < -0.39 is 0 Å². The van der Waals surface area contributed by atoms with Crippen LogP contribution in [0.2, 0.25) is 0 Å². The molecule has 0 aliphatic rings. The van der Waals surface area contributed by atoms with Gasteiger partial charge in [-0.3, -0.25) is 9.78 Å². The number of methoxy groups -OCH3 is 1. The highest BCUT2D eigenvalue weighted by atomic mass is 16.5. The fraction of sp³-hybridized carbons (Fsp3) is 0.150. The van der Waals surface area contributed by atoms with Gasteiger partial charge in [0.2, 0.25) is 5.88 Å². The van der Waals surface area contributed by atoms with Crippen LogP contribution in [0.5, 0.6) is 11.6 Å². The number of rotatable bonds is 7. The Morgan fingerprint density at radius 3 is 2.59 bits per heavy atom. The van der Waals surface area contributed by atoms with Gasteiger partial charge in [0, 0.05) is 29.6 Å². The molecule has 0 aliphatic heterocycles. The molecule has 0 radical (unpaired) electrons. The van der Waals surface area contributed by atoms with E-state index in [-0.39, 0.29) is 12.5 Å². The van der Waals surface area contributed by atoms with Crippen molar-refractivity contribution in [3.05, 3.63) is 66.5 Å². The largest absolute Gasteiger partial charge is 0.497 e. The topological polar surface area (TPSA) is 104 Å². The molecule has 0 unspecified atom stereocenters. The van der Waals surface area contributed by atoms with Crippen LogP contribution in [0.4, 0.5) is 0 Å². The minimum atomic E-state index is -0.181. The van der Waals surface area contributed by atoms with Crippen molar-refractivity contribution in [2.75, 3.05) is 20.3 Å². The van der Waals surface area contributed by atoms with Crippen LogP contribution in [0.3, 0.4) is 0 Å². The number of hydrogen-bond acceptors (Lipinski definition) is 7. The predicted octanol–water partition coefficient (Wildman–Crippen LogP) is 2.00. The molecule has 0 saturated heterocycles. The molecule has 0 fully saturated rings. The van der Waals surface area contributed by atoms with E-state index in [9.17, 15) is 4.79 Å². The quantitative estimate of drug-likeness (QED) is 0.481. The van der Waals surface area contributed by atoms with Crippen LogP contribution >= 0.6 is 0 Å². The first kappa shape index (κ1) is 18.4. The number of nitrogens with one attached hydrogen (secondary N) is 1. The summed E-state index contributed by atoms with van der Waals surface area (Å²) in [5, 5.41) is 15.6. The number of amides is 1. The predicted molar refractivity (Wildman–Crippen MR) is 105 cm³/mol. The Balaban J connectivity index is 1.41. The zero-order valence-electron chi connectivity index (χ0n) is 15.6. The highest BCUT2D eigenvalue weighted by Gasteiger charge is 2.11. The minimum Gasteiger partial charge on any atom is -0.497 e. The first-order chi connectivity index (χ1) is 14.2. The van der Waals surface area contributed by atoms with Crippen molar-refractivity contribution in [1.82, 2.24) is 30.1 Å². The van der Waals surface area contributed by atoms with E-state index in [0.29, 0.717) is 29.5 Å². The van der Waals surface area contributed by atoms with E-state index in [1.54, 1.807) is 48.3 Å². The molecule has 29 heavy (non-hydrogen) atoms. The Bertz CT molecular complexity index is 1110. The van der Waals surface area contributed by atoms with Crippen LogP contribution < -0.4 is 14.8 Å². The van der Waals surface area contributed by atoms with Gasteiger partial charge in [-0.1, -0.05) is 0 Å². The molecule has 4 rings (SSSR count). The maximum atomic E-state index is 12.0. The van der Waals surface area contributed by atoms with Gasteiger partial charge in [0.15, 0.2) is 11.5 Å². The summed E-state index contributed by atoms with van der Waals surface area (Å²) in [6, 6.07) is 14.3. The minimum absolute atomic E-state index is 0.181. The van der Waals surface area contributed by atoms with Gasteiger partial charge in [0.05, 0.1) is 13.7 Å². The Hall–Kier alpha value is -4.01. The number of aromatic nitrogens is 5. The first-order valence-electron chi connectivity index (χ1n) is 8.92. The Morgan fingerprint density at radius 1 is 1.03 bits per heavy atom. The van der Waals surface area contributed by atoms with Gasteiger partial charge < -0.3 is 14.8 Å². The van der Waals surface area contributed by atoms with E-state index in [1.165, 1.54) is 0 Å². The summed E-state index contributed by atoms with van der Waals surface area (Å²) in [5.41, 5.74) is 2.01.